The Morgan fingerprint density at radius 3 is 2.20 bits per heavy atom. The van der Waals surface area contributed by atoms with Crippen LogP contribution in [0.25, 0.3) is 0 Å². The predicted molar refractivity (Wildman–Crippen MR) is 80.2 cm³/mol. The molecule has 0 rings (SSSR count). The van der Waals surface area contributed by atoms with Crippen LogP contribution in [0, 0.1) is 5.41 Å². The second-order valence-corrected chi connectivity index (χ2v) is 6.55. The lowest BCUT2D eigenvalue weighted by atomic mass is 9.94. The Hall–Kier alpha value is -1.10. The third-order valence-electron chi connectivity index (χ3n) is 3.43. The molecular formula is C15H30N2O3. The molecule has 0 bridgehead atoms. The van der Waals surface area contributed by atoms with Gasteiger partial charge in [-0.2, -0.15) is 0 Å². The third kappa shape index (κ3) is 7.48. The Morgan fingerprint density at radius 2 is 1.75 bits per heavy atom. The van der Waals surface area contributed by atoms with Gasteiger partial charge in [0.2, 0.25) is 11.8 Å². The van der Waals surface area contributed by atoms with E-state index in [9.17, 15) is 9.59 Å². The summed E-state index contributed by atoms with van der Waals surface area (Å²) in [6, 6.07) is 0. The smallest absolute Gasteiger partial charge is 0.225 e. The molecule has 3 N–H and O–H groups in total. The van der Waals surface area contributed by atoms with Crippen molar-refractivity contribution in [1.29, 1.82) is 0 Å². The van der Waals surface area contributed by atoms with E-state index in [0.717, 1.165) is 6.42 Å². The Balaban J connectivity index is 3.98. The molecule has 5 heteroatoms. The van der Waals surface area contributed by atoms with Crippen molar-refractivity contribution in [2.24, 2.45) is 5.41 Å². The molecule has 0 aliphatic heterocycles. The SMILES string of the molecule is CCC(C)(CCO)NC(=O)CCCNC(=O)C(C)(C)C. The second-order valence-electron chi connectivity index (χ2n) is 6.55. The van der Waals surface area contributed by atoms with Crippen LogP contribution in [0.3, 0.4) is 0 Å². The summed E-state index contributed by atoms with van der Waals surface area (Å²) in [5.41, 5.74) is -0.745. The molecule has 0 aromatic rings. The summed E-state index contributed by atoms with van der Waals surface area (Å²) in [7, 11) is 0. The molecule has 5 nitrogen and oxygen atoms in total. The monoisotopic (exact) mass is 286 g/mol. The van der Waals surface area contributed by atoms with Crippen LogP contribution in [-0.4, -0.2) is 35.6 Å². The van der Waals surface area contributed by atoms with Crippen LogP contribution in [0.15, 0.2) is 0 Å². The number of aliphatic hydroxyl groups is 1. The molecule has 0 saturated heterocycles. The summed E-state index contributed by atoms with van der Waals surface area (Å²) < 4.78 is 0. The first-order valence-electron chi connectivity index (χ1n) is 7.35. The van der Waals surface area contributed by atoms with Crippen molar-refractivity contribution in [3.63, 3.8) is 0 Å². The highest BCUT2D eigenvalue weighted by Crippen LogP contribution is 2.14. The van der Waals surface area contributed by atoms with Crippen molar-refractivity contribution in [2.45, 2.75) is 65.8 Å². The van der Waals surface area contributed by atoms with E-state index in [1.165, 1.54) is 0 Å². The molecule has 2 amide bonds. The lowest BCUT2D eigenvalue weighted by Gasteiger charge is -2.29. The Morgan fingerprint density at radius 1 is 1.15 bits per heavy atom. The van der Waals surface area contributed by atoms with Gasteiger partial charge in [0, 0.05) is 30.5 Å². The summed E-state index contributed by atoms with van der Waals surface area (Å²) in [4.78, 5) is 23.5. The lowest BCUT2D eigenvalue weighted by molar-refractivity contribution is -0.129. The van der Waals surface area contributed by atoms with E-state index in [-0.39, 0.29) is 24.0 Å². The largest absolute Gasteiger partial charge is 0.396 e. The molecule has 0 aliphatic carbocycles. The predicted octanol–water partition coefficient (Wildman–Crippen LogP) is 1.60. The van der Waals surface area contributed by atoms with E-state index >= 15 is 0 Å². The average Bonchev–Trinajstić information content (AvgIpc) is 2.33. The summed E-state index contributed by atoms with van der Waals surface area (Å²) in [6.45, 7) is 10.1. The zero-order chi connectivity index (χ0) is 15.8. The number of rotatable bonds is 8. The van der Waals surface area contributed by atoms with Gasteiger partial charge < -0.3 is 15.7 Å². The number of carbonyl (C=O) groups is 2. The van der Waals surface area contributed by atoms with Gasteiger partial charge in [-0.15, -0.1) is 0 Å². The number of hydrogen-bond acceptors (Lipinski definition) is 3. The highest BCUT2D eigenvalue weighted by molar-refractivity contribution is 5.81. The second kappa shape index (κ2) is 8.25. The van der Waals surface area contributed by atoms with Crippen LogP contribution in [0.5, 0.6) is 0 Å². The van der Waals surface area contributed by atoms with E-state index < -0.39 is 5.41 Å². The molecule has 0 radical (unpaired) electrons. The number of amides is 2. The quantitative estimate of drug-likeness (QED) is 0.593. The third-order valence-corrected chi connectivity index (χ3v) is 3.43. The van der Waals surface area contributed by atoms with Gasteiger partial charge in [-0.3, -0.25) is 9.59 Å². The van der Waals surface area contributed by atoms with Crippen LogP contribution in [0.2, 0.25) is 0 Å². The highest BCUT2D eigenvalue weighted by Gasteiger charge is 2.23. The van der Waals surface area contributed by atoms with E-state index in [0.29, 0.717) is 25.8 Å². The average molecular weight is 286 g/mol. The molecule has 0 aromatic carbocycles. The topological polar surface area (TPSA) is 78.4 Å². The van der Waals surface area contributed by atoms with E-state index in [1.807, 2.05) is 34.6 Å². The van der Waals surface area contributed by atoms with Crippen molar-refractivity contribution in [2.75, 3.05) is 13.2 Å². The molecule has 20 heavy (non-hydrogen) atoms. The van der Waals surface area contributed by atoms with E-state index in [2.05, 4.69) is 10.6 Å². The first-order valence-corrected chi connectivity index (χ1v) is 7.35. The van der Waals surface area contributed by atoms with Gasteiger partial charge in [0.15, 0.2) is 0 Å². The summed E-state index contributed by atoms with van der Waals surface area (Å²) in [5.74, 6) is -0.0376. The van der Waals surface area contributed by atoms with Crippen LogP contribution >= 0.6 is 0 Å². The molecular weight excluding hydrogens is 256 g/mol. The lowest BCUT2D eigenvalue weighted by Crippen LogP contribution is -2.46. The van der Waals surface area contributed by atoms with Crippen LogP contribution in [0.4, 0.5) is 0 Å². The maximum Gasteiger partial charge on any atom is 0.225 e. The first kappa shape index (κ1) is 18.9. The number of nitrogens with one attached hydrogen (secondary N) is 2. The molecule has 0 spiro atoms. The first-order chi connectivity index (χ1) is 9.14. The molecule has 1 atom stereocenters. The van der Waals surface area contributed by atoms with Crippen LogP contribution < -0.4 is 10.6 Å². The Kier molecular flexibility index (Phi) is 7.79. The standard InChI is InChI=1S/C15H30N2O3/c1-6-15(5,9-11-18)17-12(19)8-7-10-16-13(20)14(2,3)4/h18H,6-11H2,1-5H3,(H,16,20)(H,17,19). The molecule has 0 heterocycles. The van der Waals surface area contributed by atoms with Gasteiger partial charge in [0.25, 0.3) is 0 Å². The maximum absolute atomic E-state index is 11.8. The summed E-state index contributed by atoms with van der Waals surface area (Å²) in [6.07, 6.45) is 2.33. The fourth-order valence-electron chi connectivity index (χ4n) is 1.69. The molecule has 0 saturated carbocycles. The maximum atomic E-state index is 11.8. The molecule has 0 fully saturated rings. The minimum atomic E-state index is -0.399. The molecule has 118 valence electrons. The van der Waals surface area contributed by atoms with Crippen molar-refractivity contribution >= 4 is 11.8 Å². The van der Waals surface area contributed by atoms with E-state index in [4.69, 9.17) is 5.11 Å². The van der Waals surface area contributed by atoms with Gasteiger partial charge in [-0.05, 0) is 26.2 Å². The zero-order valence-electron chi connectivity index (χ0n) is 13.5. The van der Waals surface area contributed by atoms with Gasteiger partial charge in [0.1, 0.15) is 0 Å². The molecule has 0 aromatic heterocycles. The Bertz CT molecular complexity index is 324. The number of aliphatic hydroxyl groups excluding tert-OH is 1. The van der Waals surface area contributed by atoms with Crippen LogP contribution in [-0.2, 0) is 9.59 Å². The fraction of sp³-hybridized carbons (Fsp3) is 0.867. The van der Waals surface area contributed by atoms with Crippen molar-refractivity contribution in [3.05, 3.63) is 0 Å². The van der Waals surface area contributed by atoms with Crippen molar-refractivity contribution in [3.8, 4) is 0 Å². The minimum absolute atomic E-state index is 0.00316. The molecule has 1 unspecified atom stereocenters. The fourth-order valence-corrected chi connectivity index (χ4v) is 1.69. The zero-order valence-corrected chi connectivity index (χ0v) is 13.5. The minimum Gasteiger partial charge on any atom is -0.396 e. The number of hydrogen-bond donors (Lipinski definition) is 3. The van der Waals surface area contributed by atoms with Crippen LogP contribution in [0.1, 0.15) is 60.3 Å². The van der Waals surface area contributed by atoms with Gasteiger partial charge in [-0.1, -0.05) is 27.7 Å². The van der Waals surface area contributed by atoms with E-state index in [1.54, 1.807) is 0 Å². The molecule has 0 aliphatic rings. The van der Waals surface area contributed by atoms with Crippen molar-refractivity contribution in [1.82, 2.24) is 10.6 Å². The summed E-state index contributed by atoms with van der Waals surface area (Å²) in [5, 5.41) is 14.8. The Labute approximate surface area is 122 Å². The highest BCUT2D eigenvalue weighted by atomic mass is 16.3. The summed E-state index contributed by atoms with van der Waals surface area (Å²) >= 11 is 0. The van der Waals surface area contributed by atoms with Crippen molar-refractivity contribution < 1.29 is 14.7 Å². The van der Waals surface area contributed by atoms with Gasteiger partial charge in [-0.25, -0.2) is 0 Å². The number of carbonyl (C=O) groups excluding carboxylic acids is 2. The normalized spacial score (nSPS) is 14.5. The van der Waals surface area contributed by atoms with Gasteiger partial charge in [0.05, 0.1) is 0 Å². The van der Waals surface area contributed by atoms with Gasteiger partial charge >= 0.3 is 0 Å².